The summed E-state index contributed by atoms with van der Waals surface area (Å²) in [6.45, 7) is 2.08. The number of likely N-dealkylation sites (tertiary alicyclic amines) is 1. The van der Waals surface area contributed by atoms with Gasteiger partial charge in [0, 0.05) is 11.5 Å². The number of aliphatic hydroxyl groups excluding tert-OH is 1. The van der Waals surface area contributed by atoms with Gasteiger partial charge in [0.15, 0.2) is 0 Å². The maximum atomic E-state index is 12.6. The summed E-state index contributed by atoms with van der Waals surface area (Å²) in [5.74, 6) is 2.24. The quantitative estimate of drug-likeness (QED) is 0.835. The topological polar surface area (TPSA) is 52.6 Å². The van der Waals surface area contributed by atoms with Crippen LogP contribution in [-0.2, 0) is 4.79 Å². The summed E-state index contributed by atoms with van der Waals surface area (Å²) in [5.41, 5.74) is -0.0930. The first kappa shape index (κ1) is 14.9. The second-order valence-corrected chi connectivity index (χ2v) is 8.77. The molecule has 1 aliphatic heterocycles. The third kappa shape index (κ3) is 2.58. The Kier molecular flexibility index (Phi) is 3.73. The Morgan fingerprint density at radius 1 is 1.09 bits per heavy atom. The molecule has 0 spiro atoms. The van der Waals surface area contributed by atoms with Crippen LogP contribution in [-0.4, -0.2) is 48.2 Å². The monoisotopic (exact) mass is 306 g/mol. The van der Waals surface area contributed by atoms with Crippen LogP contribution in [0.4, 0.5) is 0 Å². The van der Waals surface area contributed by atoms with E-state index in [0.29, 0.717) is 0 Å². The standard InChI is InChI=1S/C18H30N2O2/c1-20-4-2-15(3-5-20)19-17(22)16(21)18-9-12-6-13(10-18)8-14(7-12)11-18/h12-16,21H,2-11H2,1H3,(H,19,22). The van der Waals surface area contributed by atoms with Crippen LogP contribution >= 0.6 is 0 Å². The molecule has 124 valence electrons. The summed E-state index contributed by atoms with van der Waals surface area (Å²) in [4.78, 5) is 14.9. The lowest BCUT2D eigenvalue weighted by atomic mass is 9.48. The number of amides is 1. The van der Waals surface area contributed by atoms with Crippen LogP contribution in [0.2, 0.25) is 0 Å². The fraction of sp³-hybridized carbons (Fsp3) is 0.944. The number of nitrogens with one attached hydrogen (secondary N) is 1. The molecule has 1 unspecified atom stereocenters. The van der Waals surface area contributed by atoms with E-state index in [0.717, 1.165) is 62.9 Å². The zero-order valence-electron chi connectivity index (χ0n) is 13.8. The molecule has 1 amide bonds. The van der Waals surface area contributed by atoms with Crippen molar-refractivity contribution in [1.82, 2.24) is 10.2 Å². The molecule has 5 fully saturated rings. The first-order chi connectivity index (χ1) is 10.5. The van der Waals surface area contributed by atoms with Gasteiger partial charge in [-0.05, 0) is 89.3 Å². The molecule has 0 radical (unpaired) electrons. The lowest BCUT2D eigenvalue weighted by Gasteiger charge is -2.58. The molecule has 22 heavy (non-hydrogen) atoms. The Labute approximate surface area is 133 Å². The molecule has 1 atom stereocenters. The predicted molar refractivity (Wildman–Crippen MR) is 85.3 cm³/mol. The van der Waals surface area contributed by atoms with Crippen LogP contribution in [0.5, 0.6) is 0 Å². The number of hydrogen-bond donors (Lipinski definition) is 2. The van der Waals surface area contributed by atoms with Gasteiger partial charge in [0.1, 0.15) is 6.10 Å². The molecular formula is C18H30N2O2. The summed E-state index contributed by atoms with van der Waals surface area (Å²) in [7, 11) is 2.13. The van der Waals surface area contributed by atoms with Crippen molar-refractivity contribution < 1.29 is 9.90 Å². The van der Waals surface area contributed by atoms with Crippen LogP contribution < -0.4 is 5.32 Å². The molecule has 1 heterocycles. The van der Waals surface area contributed by atoms with E-state index in [1.807, 2.05) is 0 Å². The first-order valence-corrected chi connectivity index (χ1v) is 9.21. The Morgan fingerprint density at radius 2 is 1.59 bits per heavy atom. The number of carbonyl (C=O) groups excluding carboxylic acids is 1. The van der Waals surface area contributed by atoms with Crippen LogP contribution in [0, 0.1) is 23.2 Å². The highest BCUT2D eigenvalue weighted by molar-refractivity contribution is 5.81. The number of nitrogens with zero attached hydrogens (tertiary/aromatic N) is 1. The molecule has 0 aromatic heterocycles. The highest BCUT2D eigenvalue weighted by Gasteiger charge is 2.55. The van der Waals surface area contributed by atoms with Crippen molar-refractivity contribution >= 4 is 5.91 Å². The normalized spacial score (nSPS) is 43.3. The van der Waals surface area contributed by atoms with Crippen molar-refractivity contribution in [3.8, 4) is 0 Å². The number of aliphatic hydroxyl groups is 1. The average Bonchev–Trinajstić information content (AvgIpc) is 2.47. The molecule has 4 bridgehead atoms. The van der Waals surface area contributed by atoms with Crippen molar-refractivity contribution in [2.75, 3.05) is 20.1 Å². The van der Waals surface area contributed by atoms with Crippen molar-refractivity contribution in [1.29, 1.82) is 0 Å². The summed E-state index contributed by atoms with van der Waals surface area (Å²) in [6.07, 6.45) is 8.54. The second-order valence-electron chi connectivity index (χ2n) is 8.77. The van der Waals surface area contributed by atoms with Crippen molar-refractivity contribution in [2.45, 2.75) is 63.5 Å². The Hall–Kier alpha value is -0.610. The van der Waals surface area contributed by atoms with E-state index < -0.39 is 6.10 Å². The van der Waals surface area contributed by atoms with Gasteiger partial charge in [0.25, 0.3) is 0 Å². The van der Waals surface area contributed by atoms with Gasteiger partial charge in [-0.25, -0.2) is 0 Å². The number of hydrogen-bond acceptors (Lipinski definition) is 3. The Balaban J connectivity index is 1.40. The molecule has 0 aromatic carbocycles. The predicted octanol–water partition coefficient (Wildman–Crippen LogP) is 1.77. The van der Waals surface area contributed by atoms with Crippen LogP contribution in [0.1, 0.15) is 51.4 Å². The summed E-state index contributed by atoms with van der Waals surface area (Å²) in [5, 5.41) is 14.0. The van der Waals surface area contributed by atoms with Gasteiger partial charge in [-0.2, -0.15) is 0 Å². The molecule has 5 aliphatic rings. The van der Waals surface area contributed by atoms with Crippen molar-refractivity contribution in [3.63, 3.8) is 0 Å². The zero-order chi connectivity index (χ0) is 15.3. The van der Waals surface area contributed by atoms with E-state index in [4.69, 9.17) is 0 Å². The van der Waals surface area contributed by atoms with Gasteiger partial charge in [-0.3, -0.25) is 4.79 Å². The van der Waals surface area contributed by atoms with Gasteiger partial charge in [-0.1, -0.05) is 0 Å². The van der Waals surface area contributed by atoms with E-state index in [1.54, 1.807) is 0 Å². The van der Waals surface area contributed by atoms with E-state index in [-0.39, 0.29) is 17.4 Å². The highest BCUT2D eigenvalue weighted by atomic mass is 16.3. The lowest BCUT2D eigenvalue weighted by molar-refractivity contribution is -0.156. The molecule has 5 rings (SSSR count). The summed E-state index contributed by atoms with van der Waals surface area (Å²) >= 11 is 0. The lowest BCUT2D eigenvalue weighted by Crippen LogP contribution is -2.57. The van der Waals surface area contributed by atoms with Gasteiger partial charge in [0.05, 0.1) is 0 Å². The van der Waals surface area contributed by atoms with Crippen LogP contribution in [0.3, 0.4) is 0 Å². The van der Waals surface area contributed by atoms with Crippen LogP contribution in [0.15, 0.2) is 0 Å². The largest absolute Gasteiger partial charge is 0.383 e. The maximum Gasteiger partial charge on any atom is 0.249 e. The second kappa shape index (κ2) is 5.48. The van der Waals surface area contributed by atoms with E-state index >= 15 is 0 Å². The maximum absolute atomic E-state index is 12.6. The smallest absolute Gasteiger partial charge is 0.249 e. The van der Waals surface area contributed by atoms with E-state index in [1.165, 1.54) is 19.3 Å². The van der Waals surface area contributed by atoms with E-state index in [2.05, 4.69) is 17.3 Å². The molecule has 1 saturated heterocycles. The van der Waals surface area contributed by atoms with Gasteiger partial charge in [-0.15, -0.1) is 0 Å². The van der Waals surface area contributed by atoms with Gasteiger partial charge < -0.3 is 15.3 Å². The first-order valence-electron chi connectivity index (χ1n) is 9.21. The zero-order valence-corrected chi connectivity index (χ0v) is 13.8. The minimum absolute atomic E-state index is 0.0866. The Bertz CT molecular complexity index is 407. The Morgan fingerprint density at radius 3 is 2.09 bits per heavy atom. The minimum Gasteiger partial charge on any atom is -0.383 e. The van der Waals surface area contributed by atoms with Crippen LogP contribution in [0.25, 0.3) is 0 Å². The molecule has 2 N–H and O–H groups in total. The molecule has 4 heteroatoms. The van der Waals surface area contributed by atoms with Crippen molar-refractivity contribution in [3.05, 3.63) is 0 Å². The van der Waals surface area contributed by atoms with Gasteiger partial charge >= 0.3 is 0 Å². The summed E-state index contributed by atoms with van der Waals surface area (Å²) in [6, 6.07) is 0.257. The highest BCUT2D eigenvalue weighted by Crippen LogP contribution is 2.61. The molecule has 0 aromatic rings. The third-order valence-electron chi connectivity index (χ3n) is 6.98. The minimum atomic E-state index is -0.777. The molecule has 4 aliphatic carbocycles. The molecule has 4 nitrogen and oxygen atoms in total. The van der Waals surface area contributed by atoms with E-state index in [9.17, 15) is 9.90 Å². The SMILES string of the molecule is CN1CCC(NC(=O)C(O)C23CC4CC(CC(C4)C2)C3)CC1. The molecular weight excluding hydrogens is 276 g/mol. The molecule has 4 saturated carbocycles. The fourth-order valence-corrected chi connectivity index (χ4v) is 6.22. The summed E-state index contributed by atoms with van der Waals surface area (Å²) < 4.78 is 0. The average molecular weight is 306 g/mol. The number of rotatable bonds is 3. The van der Waals surface area contributed by atoms with Gasteiger partial charge in [0.2, 0.25) is 5.91 Å². The third-order valence-corrected chi connectivity index (χ3v) is 6.98. The van der Waals surface area contributed by atoms with Crippen molar-refractivity contribution in [2.24, 2.45) is 23.2 Å². The number of carbonyl (C=O) groups is 1. The number of piperidine rings is 1. The fourth-order valence-electron chi connectivity index (χ4n) is 6.22.